The number of carbonyl (C=O) groups is 2. The van der Waals surface area contributed by atoms with Crippen LogP contribution in [0.25, 0.3) is 16.6 Å². The largest absolute Gasteiger partial charge is 0.444 e. The average Bonchev–Trinajstić information content (AvgIpc) is 3.43. The Bertz CT molecular complexity index is 1320. The quantitative estimate of drug-likeness (QED) is 0.440. The van der Waals surface area contributed by atoms with Gasteiger partial charge in [-0.15, -0.1) is 0 Å². The fourth-order valence-electron chi connectivity index (χ4n) is 4.91. The zero-order chi connectivity index (χ0) is 27.1. The highest BCUT2D eigenvalue weighted by atomic mass is 19.1. The van der Waals surface area contributed by atoms with E-state index < -0.39 is 11.4 Å². The van der Waals surface area contributed by atoms with Gasteiger partial charge in [0.2, 0.25) is 0 Å². The molecule has 1 aromatic carbocycles. The molecule has 1 fully saturated rings. The van der Waals surface area contributed by atoms with Crippen molar-refractivity contribution >= 4 is 22.9 Å². The number of amides is 2. The first-order valence-corrected chi connectivity index (χ1v) is 12.8. The number of aryl methyl sites for hydroxylation is 1. The van der Waals surface area contributed by atoms with Crippen LogP contribution < -0.4 is 0 Å². The molecule has 4 rings (SSSR count). The lowest BCUT2D eigenvalue weighted by atomic mass is 9.97. The number of carbonyl (C=O) groups excluding carboxylic acids is 2. The number of ether oxygens (including phenoxy) is 1. The molecule has 0 bridgehead atoms. The minimum atomic E-state index is -0.527. The van der Waals surface area contributed by atoms with Gasteiger partial charge in [-0.25, -0.2) is 9.18 Å². The monoisotopic (exact) mass is 508 g/mol. The van der Waals surface area contributed by atoms with Crippen LogP contribution >= 0.6 is 0 Å². The van der Waals surface area contributed by atoms with Crippen LogP contribution in [0.15, 0.2) is 36.8 Å². The van der Waals surface area contributed by atoms with Gasteiger partial charge in [-0.3, -0.25) is 9.78 Å². The van der Waals surface area contributed by atoms with Crippen molar-refractivity contribution in [1.82, 2.24) is 19.4 Å². The number of fused-ring (bicyclic) bond motifs is 1. The number of pyridine rings is 1. The smallest absolute Gasteiger partial charge is 0.410 e. The van der Waals surface area contributed by atoms with Gasteiger partial charge in [0.25, 0.3) is 5.91 Å². The van der Waals surface area contributed by atoms with E-state index in [9.17, 15) is 14.0 Å². The van der Waals surface area contributed by atoms with Crippen molar-refractivity contribution in [3.63, 3.8) is 0 Å². The highest BCUT2D eigenvalue weighted by Crippen LogP contribution is 2.33. The first-order chi connectivity index (χ1) is 17.4. The van der Waals surface area contributed by atoms with E-state index in [0.29, 0.717) is 24.3 Å². The number of likely N-dealkylation sites (tertiary alicyclic amines) is 1. The molecular weight excluding hydrogens is 471 g/mol. The van der Waals surface area contributed by atoms with Crippen LogP contribution in [0.4, 0.5) is 9.18 Å². The van der Waals surface area contributed by atoms with Crippen LogP contribution in [-0.4, -0.2) is 63.1 Å². The maximum absolute atomic E-state index is 14.3. The normalized spacial score (nSPS) is 16.0. The molecule has 8 heteroatoms. The van der Waals surface area contributed by atoms with Crippen LogP contribution in [0, 0.1) is 18.7 Å². The summed E-state index contributed by atoms with van der Waals surface area (Å²) in [4.78, 5) is 33.7. The van der Waals surface area contributed by atoms with Gasteiger partial charge >= 0.3 is 6.09 Å². The molecule has 2 aromatic heterocycles. The van der Waals surface area contributed by atoms with Gasteiger partial charge in [-0.05, 0) is 89.6 Å². The second-order valence-corrected chi connectivity index (χ2v) is 11.3. The van der Waals surface area contributed by atoms with Gasteiger partial charge in [0.15, 0.2) is 0 Å². The Morgan fingerprint density at radius 3 is 2.65 bits per heavy atom. The van der Waals surface area contributed by atoms with Crippen molar-refractivity contribution in [2.45, 2.75) is 66.0 Å². The van der Waals surface area contributed by atoms with Gasteiger partial charge in [0, 0.05) is 44.0 Å². The summed E-state index contributed by atoms with van der Waals surface area (Å²) in [6, 6.07) is 4.31. The molecule has 0 radical (unpaired) electrons. The Labute approximate surface area is 218 Å². The summed E-state index contributed by atoms with van der Waals surface area (Å²) in [6.07, 6.45) is 7.04. The Hall–Kier alpha value is -3.42. The predicted molar refractivity (Wildman–Crippen MR) is 143 cm³/mol. The summed E-state index contributed by atoms with van der Waals surface area (Å²) in [5.41, 5.74) is 3.40. The minimum Gasteiger partial charge on any atom is -0.444 e. The van der Waals surface area contributed by atoms with Crippen LogP contribution in [0.3, 0.4) is 0 Å². The summed E-state index contributed by atoms with van der Waals surface area (Å²) in [5.74, 6) is -0.415. The van der Waals surface area contributed by atoms with Crippen LogP contribution in [0.2, 0.25) is 0 Å². The maximum Gasteiger partial charge on any atom is 0.410 e. The van der Waals surface area contributed by atoms with Crippen LogP contribution in [-0.2, 0) is 11.2 Å². The van der Waals surface area contributed by atoms with E-state index in [4.69, 9.17) is 4.74 Å². The van der Waals surface area contributed by atoms with E-state index in [1.54, 1.807) is 29.1 Å². The summed E-state index contributed by atoms with van der Waals surface area (Å²) >= 11 is 0. The number of rotatable bonds is 5. The Morgan fingerprint density at radius 1 is 1.24 bits per heavy atom. The molecule has 1 atom stereocenters. The van der Waals surface area contributed by atoms with E-state index in [2.05, 4.69) is 4.98 Å². The molecular formula is C29H37FN4O3. The molecule has 0 N–H and O–H groups in total. The molecule has 0 aliphatic carbocycles. The fraction of sp³-hybridized carbons (Fsp3) is 0.483. The first kappa shape index (κ1) is 26.6. The summed E-state index contributed by atoms with van der Waals surface area (Å²) < 4.78 is 21.8. The molecule has 198 valence electrons. The van der Waals surface area contributed by atoms with Crippen LogP contribution in [0.1, 0.15) is 62.5 Å². The number of hydrogen-bond donors (Lipinski definition) is 0. The molecule has 0 saturated carbocycles. The van der Waals surface area contributed by atoms with E-state index >= 15 is 0 Å². The molecule has 0 unspecified atom stereocenters. The Morgan fingerprint density at radius 2 is 1.97 bits per heavy atom. The number of hydrogen-bond acceptors (Lipinski definition) is 4. The van der Waals surface area contributed by atoms with Crippen molar-refractivity contribution < 1.29 is 18.7 Å². The number of nitrogens with zero attached hydrogens (tertiary/aromatic N) is 4. The van der Waals surface area contributed by atoms with Crippen LogP contribution in [0.5, 0.6) is 0 Å². The number of aromatic nitrogens is 2. The van der Waals surface area contributed by atoms with Gasteiger partial charge in [-0.2, -0.15) is 0 Å². The highest BCUT2D eigenvalue weighted by Gasteiger charge is 2.31. The van der Waals surface area contributed by atoms with E-state index in [0.717, 1.165) is 34.9 Å². The lowest BCUT2D eigenvalue weighted by molar-refractivity contribution is 0.0288. The SMILES string of the molecule is Cc1cncc2c1c(C[C@H]1CCN(C(=O)OC(C)(C)C)C1)cn2-c1ccc(F)cc1C(=O)N(C)C(C)C. The summed E-state index contributed by atoms with van der Waals surface area (Å²) in [7, 11) is 1.73. The Kier molecular flexibility index (Phi) is 7.31. The molecule has 7 nitrogen and oxygen atoms in total. The summed E-state index contributed by atoms with van der Waals surface area (Å²) in [6.45, 7) is 12.8. The van der Waals surface area contributed by atoms with Gasteiger partial charge < -0.3 is 19.1 Å². The zero-order valence-electron chi connectivity index (χ0n) is 22.8. The molecule has 1 aliphatic rings. The van der Waals surface area contributed by atoms with Crippen molar-refractivity contribution in [2.75, 3.05) is 20.1 Å². The maximum atomic E-state index is 14.3. The topological polar surface area (TPSA) is 67.7 Å². The lowest BCUT2D eigenvalue weighted by Gasteiger charge is -2.24. The third-order valence-electron chi connectivity index (χ3n) is 6.97. The molecule has 1 saturated heterocycles. The van der Waals surface area contributed by atoms with Gasteiger partial charge in [-0.1, -0.05) is 0 Å². The third kappa shape index (κ3) is 5.63. The predicted octanol–water partition coefficient (Wildman–Crippen LogP) is 5.75. The van der Waals surface area contributed by atoms with Crippen molar-refractivity contribution in [1.29, 1.82) is 0 Å². The van der Waals surface area contributed by atoms with E-state index in [-0.39, 0.29) is 24.0 Å². The van der Waals surface area contributed by atoms with Gasteiger partial charge in [0.05, 0.1) is 23.0 Å². The molecule has 3 aromatic rings. The second-order valence-electron chi connectivity index (χ2n) is 11.3. The van der Waals surface area contributed by atoms with Gasteiger partial charge in [0.1, 0.15) is 11.4 Å². The van der Waals surface area contributed by atoms with Crippen molar-refractivity contribution in [2.24, 2.45) is 5.92 Å². The molecule has 2 amide bonds. The molecule has 0 spiro atoms. The molecule has 37 heavy (non-hydrogen) atoms. The third-order valence-corrected chi connectivity index (χ3v) is 6.97. The highest BCUT2D eigenvalue weighted by molar-refractivity contribution is 5.99. The van der Waals surface area contributed by atoms with Crippen molar-refractivity contribution in [3.8, 4) is 5.69 Å². The molecule has 1 aliphatic heterocycles. The van der Waals surface area contributed by atoms with E-state index in [1.807, 2.05) is 58.5 Å². The van der Waals surface area contributed by atoms with Crippen molar-refractivity contribution in [3.05, 3.63) is 59.3 Å². The molecule has 3 heterocycles. The Balaban J connectivity index is 1.70. The minimum absolute atomic E-state index is 0.0280. The fourth-order valence-corrected chi connectivity index (χ4v) is 4.91. The number of benzene rings is 1. The first-order valence-electron chi connectivity index (χ1n) is 12.8. The van der Waals surface area contributed by atoms with E-state index in [1.165, 1.54) is 12.1 Å². The zero-order valence-corrected chi connectivity index (χ0v) is 22.8. The average molecular weight is 509 g/mol. The summed E-state index contributed by atoms with van der Waals surface area (Å²) in [5, 5.41) is 1.07. The lowest BCUT2D eigenvalue weighted by Crippen LogP contribution is -2.35. The second kappa shape index (κ2) is 10.1. The standard InChI is InChI=1S/C29H37FN4O3/c1-18(2)32(7)27(35)23-13-22(30)8-9-24(23)34-17-21(26-19(3)14-31-15-25(26)34)12-20-10-11-33(16-20)28(36)37-29(4,5)6/h8-9,13-15,17-18,20H,10-12,16H2,1-7H3/t20-/m1/s1. The number of halogens is 1.